The van der Waals surface area contributed by atoms with Crippen molar-refractivity contribution in [3.05, 3.63) is 18.6 Å². The van der Waals surface area contributed by atoms with Crippen LogP contribution in [0.5, 0.6) is 0 Å². The Morgan fingerprint density at radius 2 is 2.33 bits per heavy atom. The zero-order chi connectivity index (χ0) is 12.7. The number of imidazole rings is 1. The van der Waals surface area contributed by atoms with E-state index in [4.69, 9.17) is 15.6 Å². The first-order valence-corrected chi connectivity index (χ1v) is 5.72. The summed E-state index contributed by atoms with van der Waals surface area (Å²) in [5.41, 5.74) is 7.15. The van der Waals surface area contributed by atoms with Gasteiger partial charge in [0.25, 0.3) is 0 Å². The second kappa shape index (κ2) is 4.20. The van der Waals surface area contributed by atoms with Gasteiger partial charge in [0.15, 0.2) is 5.82 Å². The largest absolute Gasteiger partial charge is 0.394 e. The first-order valence-electron chi connectivity index (χ1n) is 5.72. The van der Waals surface area contributed by atoms with Gasteiger partial charge in [-0.15, -0.1) is 0 Å². The van der Waals surface area contributed by atoms with Gasteiger partial charge in [-0.2, -0.15) is 0 Å². The topological polar surface area (TPSA) is 106 Å². The molecule has 0 aliphatic carbocycles. The van der Waals surface area contributed by atoms with E-state index in [0.717, 1.165) is 5.52 Å². The molecular formula is C11H14N4O3. The fourth-order valence-corrected chi connectivity index (χ4v) is 2.26. The van der Waals surface area contributed by atoms with Gasteiger partial charge in [-0.3, -0.25) is 0 Å². The van der Waals surface area contributed by atoms with Crippen LogP contribution in [0.3, 0.4) is 0 Å². The van der Waals surface area contributed by atoms with E-state index in [9.17, 15) is 5.11 Å². The van der Waals surface area contributed by atoms with Crippen molar-refractivity contribution >= 4 is 16.9 Å². The van der Waals surface area contributed by atoms with E-state index in [0.29, 0.717) is 17.8 Å². The van der Waals surface area contributed by atoms with Crippen LogP contribution in [0, 0.1) is 0 Å². The number of anilines is 1. The van der Waals surface area contributed by atoms with E-state index in [2.05, 4.69) is 9.97 Å². The summed E-state index contributed by atoms with van der Waals surface area (Å²) in [6.07, 6.45) is 2.07. The summed E-state index contributed by atoms with van der Waals surface area (Å²) in [6.45, 7) is -0.200. The molecule has 18 heavy (non-hydrogen) atoms. The van der Waals surface area contributed by atoms with Gasteiger partial charge in [-0.1, -0.05) is 0 Å². The molecule has 0 spiro atoms. The van der Waals surface area contributed by atoms with E-state index in [1.54, 1.807) is 23.2 Å². The number of hydrogen-bond acceptors (Lipinski definition) is 6. The van der Waals surface area contributed by atoms with Crippen molar-refractivity contribution in [3.8, 4) is 0 Å². The molecule has 1 aliphatic rings. The Morgan fingerprint density at radius 1 is 1.50 bits per heavy atom. The highest BCUT2D eigenvalue weighted by Crippen LogP contribution is 2.31. The summed E-state index contributed by atoms with van der Waals surface area (Å²) in [7, 11) is 0. The summed E-state index contributed by atoms with van der Waals surface area (Å²) in [5, 5.41) is 18.8. The van der Waals surface area contributed by atoms with Crippen molar-refractivity contribution in [1.29, 1.82) is 0 Å². The molecule has 7 nitrogen and oxygen atoms in total. The highest BCUT2D eigenvalue weighted by atomic mass is 16.5. The molecule has 2 aromatic heterocycles. The SMILES string of the molecule is Nc1nccc2c1ncn2[C@H]1CC(O)[C@@H](CO)O1. The van der Waals surface area contributed by atoms with E-state index in [1.807, 2.05) is 0 Å². The molecule has 0 radical (unpaired) electrons. The van der Waals surface area contributed by atoms with Gasteiger partial charge in [-0.25, -0.2) is 9.97 Å². The minimum absolute atomic E-state index is 0.200. The summed E-state index contributed by atoms with van der Waals surface area (Å²) in [5.74, 6) is 0.364. The summed E-state index contributed by atoms with van der Waals surface area (Å²) in [6, 6.07) is 1.79. The normalized spacial score (nSPS) is 28.0. The Hall–Kier alpha value is -1.70. The van der Waals surface area contributed by atoms with Gasteiger partial charge in [-0.05, 0) is 6.07 Å². The van der Waals surface area contributed by atoms with Gasteiger partial charge in [0.2, 0.25) is 0 Å². The van der Waals surface area contributed by atoms with E-state index in [-0.39, 0.29) is 12.8 Å². The summed E-state index contributed by atoms with van der Waals surface area (Å²) < 4.78 is 7.37. The molecule has 4 N–H and O–H groups in total. The number of fused-ring (bicyclic) bond motifs is 1. The predicted molar refractivity (Wildman–Crippen MR) is 63.6 cm³/mol. The molecule has 3 heterocycles. The highest BCUT2D eigenvalue weighted by molar-refractivity contribution is 5.84. The van der Waals surface area contributed by atoms with Gasteiger partial charge < -0.3 is 25.3 Å². The fourth-order valence-electron chi connectivity index (χ4n) is 2.26. The summed E-state index contributed by atoms with van der Waals surface area (Å²) >= 11 is 0. The zero-order valence-electron chi connectivity index (χ0n) is 9.60. The van der Waals surface area contributed by atoms with Crippen LogP contribution in [0.15, 0.2) is 18.6 Å². The molecule has 2 aromatic rings. The molecule has 1 unspecified atom stereocenters. The molecule has 0 saturated carbocycles. The predicted octanol–water partition coefficient (Wildman–Crippen LogP) is -0.346. The Kier molecular flexibility index (Phi) is 2.66. The number of aromatic nitrogens is 3. The summed E-state index contributed by atoms with van der Waals surface area (Å²) in [4.78, 5) is 8.16. The first kappa shape index (κ1) is 11.4. The fraction of sp³-hybridized carbons (Fsp3) is 0.455. The van der Waals surface area contributed by atoms with Crippen molar-refractivity contribution in [1.82, 2.24) is 14.5 Å². The van der Waals surface area contributed by atoms with E-state index < -0.39 is 12.2 Å². The molecule has 7 heteroatoms. The van der Waals surface area contributed by atoms with Crippen LogP contribution in [0.1, 0.15) is 12.6 Å². The Bertz CT molecular complexity index is 570. The standard InChI is InChI=1S/C11H14N4O3/c12-11-10-6(1-2-13-11)15(5-14-10)9-3-7(17)8(4-16)18-9/h1-2,5,7-9,16-17H,3-4H2,(H2,12,13)/t7?,8-,9-/m1/s1. The minimum atomic E-state index is -0.670. The minimum Gasteiger partial charge on any atom is -0.394 e. The van der Waals surface area contributed by atoms with Crippen molar-refractivity contribution in [2.45, 2.75) is 24.9 Å². The molecule has 0 amide bonds. The van der Waals surface area contributed by atoms with Gasteiger partial charge >= 0.3 is 0 Å². The van der Waals surface area contributed by atoms with Crippen LogP contribution >= 0.6 is 0 Å². The molecule has 1 saturated heterocycles. The molecule has 1 aliphatic heterocycles. The third kappa shape index (κ3) is 1.64. The van der Waals surface area contributed by atoms with Crippen LogP contribution in [0.4, 0.5) is 5.82 Å². The number of nitrogens with zero attached hydrogens (tertiary/aromatic N) is 3. The lowest BCUT2D eigenvalue weighted by molar-refractivity contribution is -0.0430. The zero-order valence-corrected chi connectivity index (χ0v) is 9.60. The van der Waals surface area contributed by atoms with Crippen molar-refractivity contribution < 1.29 is 14.9 Å². The number of rotatable bonds is 2. The van der Waals surface area contributed by atoms with Gasteiger partial charge in [0.05, 0.1) is 24.6 Å². The number of nitrogens with two attached hydrogens (primary N) is 1. The second-order valence-electron chi connectivity index (χ2n) is 4.33. The van der Waals surface area contributed by atoms with Gasteiger partial charge in [0.1, 0.15) is 17.8 Å². The van der Waals surface area contributed by atoms with Crippen molar-refractivity contribution in [2.75, 3.05) is 12.3 Å². The molecule has 96 valence electrons. The number of pyridine rings is 1. The highest BCUT2D eigenvalue weighted by Gasteiger charge is 2.34. The molecule has 3 atom stereocenters. The smallest absolute Gasteiger partial charge is 0.151 e. The van der Waals surface area contributed by atoms with Crippen LogP contribution in [0.25, 0.3) is 11.0 Å². The maximum Gasteiger partial charge on any atom is 0.151 e. The Balaban J connectivity index is 1.99. The number of nitrogen functional groups attached to an aromatic ring is 1. The van der Waals surface area contributed by atoms with Crippen LogP contribution in [-0.2, 0) is 4.74 Å². The monoisotopic (exact) mass is 250 g/mol. The molecule has 3 rings (SSSR count). The van der Waals surface area contributed by atoms with E-state index in [1.165, 1.54) is 0 Å². The average molecular weight is 250 g/mol. The van der Waals surface area contributed by atoms with Crippen LogP contribution in [-0.4, -0.2) is 43.6 Å². The maximum atomic E-state index is 9.73. The molecule has 0 bridgehead atoms. The molecule has 0 aromatic carbocycles. The van der Waals surface area contributed by atoms with Crippen LogP contribution in [0.2, 0.25) is 0 Å². The maximum absolute atomic E-state index is 9.73. The molecule has 1 fully saturated rings. The molecular weight excluding hydrogens is 236 g/mol. The second-order valence-corrected chi connectivity index (χ2v) is 4.33. The average Bonchev–Trinajstić information content (AvgIpc) is 2.93. The quantitative estimate of drug-likeness (QED) is 0.673. The third-order valence-electron chi connectivity index (χ3n) is 3.22. The van der Waals surface area contributed by atoms with Crippen molar-refractivity contribution in [3.63, 3.8) is 0 Å². The number of hydrogen-bond donors (Lipinski definition) is 3. The first-order chi connectivity index (χ1) is 8.70. The lowest BCUT2D eigenvalue weighted by atomic mass is 10.2. The lowest BCUT2D eigenvalue weighted by Crippen LogP contribution is -2.24. The van der Waals surface area contributed by atoms with Crippen LogP contribution < -0.4 is 5.73 Å². The van der Waals surface area contributed by atoms with E-state index >= 15 is 0 Å². The van der Waals surface area contributed by atoms with Gasteiger partial charge in [0, 0.05) is 12.6 Å². The van der Waals surface area contributed by atoms with Crippen molar-refractivity contribution in [2.24, 2.45) is 0 Å². The Morgan fingerprint density at radius 3 is 3.06 bits per heavy atom. The number of ether oxygens (including phenoxy) is 1. The number of aliphatic hydroxyl groups is 2. The third-order valence-corrected chi connectivity index (χ3v) is 3.22. The Labute approximate surface area is 103 Å². The number of aliphatic hydroxyl groups excluding tert-OH is 2. The lowest BCUT2D eigenvalue weighted by Gasteiger charge is -2.14.